The van der Waals surface area contributed by atoms with Crippen molar-refractivity contribution in [2.75, 3.05) is 7.11 Å². The van der Waals surface area contributed by atoms with Crippen molar-refractivity contribution in [1.82, 2.24) is 5.43 Å². The summed E-state index contributed by atoms with van der Waals surface area (Å²) in [5.74, 6) is 6.36. The normalized spacial score (nSPS) is 15.6. The van der Waals surface area contributed by atoms with Gasteiger partial charge < -0.3 is 4.74 Å². The predicted octanol–water partition coefficient (Wildman–Crippen LogP) is 2.46. The lowest BCUT2D eigenvalue weighted by molar-refractivity contribution is 0.105. The Labute approximate surface area is 94.7 Å². The molecule has 15 heavy (non-hydrogen) atoms. The number of rotatable bonds is 9. The molecule has 0 heterocycles. The monoisotopic (exact) mass is 216 g/mol. The summed E-state index contributed by atoms with van der Waals surface area (Å²) < 4.78 is 5.23. The average molecular weight is 216 g/mol. The Bertz CT molecular complexity index is 138. The first kappa shape index (κ1) is 14.9. The highest BCUT2D eigenvalue weighted by molar-refractivity contribution is 4.70. The van der Waals surface area contributed by atoms with Crippen LogP contribution in [0.4, 0.5) is 0 Å². The highest BCUT2D eigenvalue weighted by Gasteiger charge is 2.13. The van der Waals surface area contributed by atoms with Crippen LogP contribution < -0.4 is 11.3 Å². The SMILES string of the molecule is CCC(CC)CC(CCC(C)OC)NN. The van der Waals surface area contributed by atoms with Crippen LogP contribution in [0, 0.1) is 5.92 Å². The van der Waals surface area contributed by atoms with Gasteiger partial charge in [0.1, 0.15) is 0 Å². The smallest absolute Gasteiger partial charge is 0.0543 e. The molecular formula is C12H28N2O. The molecule has 0 radical (unpaired) electrons. The third-order valence-electron chi connectivity index (χ3n) is 3.33. The lowest BCUT2D eigenvalue weighted by Crippen LogP contribution is -2.37. The molecule has 0 rings (SSSR count). The van der Waals surface area contributed by atoms with E-state index in [1.165, 1.54) is 19.3 Å². The van der Waals surface area contributed by atoms with E-state index in [0.29, 0.717) is 12.1 Å². The van der Waals surface area contributed by atoms with Crippen molar-refractivity contribution in [2.45, 2.75) is 65.0 Å². The molecule has 3 nitrogen and oxygen atoms in total. The van der Waals surface area contributed by atoms with Crippen LogP contribution in [0.5, 0.6) is 0 Å². The third kappa shape index (κ3) is 6.88. The van der Waals surface area contributed by atoms with Crippen LogP contribution in [0.3, 0.4) is 0 Å². The molecule has 0 spiro atoms. The summed E-state index contributed by atoms with van der Waals surface area (Å²) in [6, 6.07) is 0.437. The van der Waals surface area contributed by atoms with Crippen LogP contribution in [0.1, 0.15) is 52.9 Å². The van der Waals surface area contributed by atoms with E-state index in [4.69, 9.17) is 10.6 Å². The van der Waals surface area contributed by atoms with E-state index in [-0.39, 0.29) is 0 Å². The van der Waals surface area contributed by atoms with Gasteiger partial charge in [0.05, 0.1) is 6.10 Å². The summed E-state index contributed by atoms with van der Waals surface area (Å²) in [7, 11) is 1.76. The van der Waals surface area contributed by atoms with Crippen LogP contribution in [-0.2, 0) is 4.74 Å². The molecule has 0 fully saturated rings. The predicted molar refractivity (Wildman–Crippen MR) is 65.5 cm³/mol. The average Bonchev–Trinajstić information content (AvgIpc) is 2.29. The molecule has 0 amide bonds. The maximum atomic E-state index is 5.57. The maximum absolute atomic E-state index is 5.57. The number of hydrogen-bond donors (Lipinski definition) is 2. The number of hydrazine groups is 1. The molecule has 0 saturated heterocycles. The van der Waals surface area contributed by atoms with Crippen LogP contribution in [0.25, 0.3) is 0 Å². The first-order chi connectivity index (χ1) is 7.17. The first-order valence-electron chi connectivity index (χ1n) is 6.16. The van der Waals surface area contributed by atoms with E-state index in [1.54, 1.807) is 7.11 Å². The molecule has 0 bridgehead atoms. The number of nitrogens with one attached hydrogen (secondary N) is 1. The minimum absolute atomic E-state index is 0.336. The molecule has 0 aliphatic rings. The van der Waals surface area contributed by atoms with Gasteiger partial charge in [-0.15, -0.1) is 0 Å². The van der Waals surface area contributed by atoms with Gasteiger partial charge >= 0.3 is 0 Å². The third-order valence-corrected chi connectivity index (χ3v) is 3.33. The second kappa shape index (κ2) is 9.13. The van der Waals surface area contributed by atoms with Gasteiger partial charge in [0, 0.05) is 13.2 Å². The molecule has 2 unspecified atom stereocenters. The van der Waals surface area contributed by atoms with Gasteiger partial charge in [-0.05, 0) is 32.1 Å². The first-order valence-corrected chi connectivity index (χ1v) is 6.16. The standard InChI is InChI=1S/C12H28N2O/c1-5-11(6-2)9-12(14-13)8-7-10(3)15-4/h10-12,14H,5-9,13H2,1-4H3. The van der Waals surface area contributed by atoms with Gasteiger partial charge in [-0.25, -0.2) is 0 Å². The Balaban J connectivity index is 3.80. The molecule has 0 aliphatic carbocycles. The molecular weight excluding hydrogens is 188 g/mol. The van der Waals surface area contributed by atoms with Crippen molar-refractivity contribution in [1.29, 1.82) is 0 Å². The molecule has 0 aromatic carbocycles. The summed E-state index contributed by atoms with van der Waals surface area (Å²) >= 11 is 0. The minimum atomic E-state index is 0.336. The fourth-order valence-corrected chi connectivity index (χ4v) is 1.85. The lowest BCUT2D eigenvalue weighted by Gasteiger charge is -2.22. The van der Waals surface area contributed by atoms with Gasteiger partial charge in [-0.3, -0.25) is 11.3 Å². The zero-order valence-corrected chi connectivity index (χ0v) is 10.8. The van der Waals surface area contributed by atoms with Crippen LogP contribution in [-0.4, -0.2) is 19.3 Å². The summed E-state index contributed by atoms with van der Waals surface area (Å²) in [5.41, 5.74) is 2.93. The van der Waals surface area contributed by atoms with Crippen molar-refractivity contribution in [3.63, 3.8) is 0 Å². The molecule has 92 valence electrons. The Morgan fingerprint density at radius 3 is 2.20 bits per heavy atom. The second-order valence-electron chi connectivity index (χ2n) is 4.41. The van der Waals surface area contributed by atoms with Crippen molar-refractivity contribution < 1.29 is 4.74 Å². The Morgan fingerprint density at radius 2 is 1.80 bits per heavy atom. The van der Waals surface area contributed by atoms with E-state index >= 15 is 0 Å². The van der Waals surface area contributed by atoms with Crippen molar-refractivity contribution in [3.05, 3.63) is 0 Å². The number of methoxy groups -OCH3 is 1. The van der Waals surface area contributed by atoms with Gasteiger partial charge in [0.2, 0.25) is 0 Å². The minimum Gasteiger partial charge on any atom is -0.382 e. The van der Waals surface area contributed by atoms with E-state index in [2.05, 4.69) is 26.2 Å². The maximum Gasteiger partial charge on any atom is 0.0543 e. The summed E-state index contributed by atoms with van der Waals surface area (Å²) in [6.45, 7) is 6.60. The lowest BCUT2D eigenvalue weighted by atomic mass is 9.92. The van der Waals surface area contributed by atoms with E-state index in [0.717, 1.165) is 18.8 Å². The fourth-order valence-electron chi connectivity index (χ4n) is 1.85. The topological polar surface area (TPSA) is 47.3 Å². The zero-order valence-electron chi connectivity index (χ0n) is 10.8. The highest BCUT2D eigenvalue weighted by atomic mass is 16.5. The van der Waals surface area contributed by atoms with E-state index < -0.39 is 0 Å². The fraction of sp³-hybridized carbons (Fsp3) is 1.00. The molecule has 0 saturated carbocycles. The zero-order chi connectivity index (χ0) is 11.7. The molecule has 3 N–H and O–H groups in total. The van der Waals surface area contributed by atoms with Gasteiger partial charge in [0.15, 0.2) is 0 Å². The van der Waals surface area contributed by atoms with E-state index in [9.17, 15) is 0 Å². The summed E-state index contributed by atoms with van der Waals surface area (Å²) in [5, 5.41) is 0. The molecule has 0 aromatic rings. The molecule has 0 aromatic heterocycles. The van der Waals surface area contributed by atoms with Crippen LogP contribution in [0.15, 0.2) is 0 Å². The molecule has 3 heteroatoms. The summed E-state index contributed by atoms with van der Waals surface area (Å²) in [4.78, 5) is 0. The highest BCUT2D eigenvalue weighted by Crippen LogP contribution is 2.17. The Morgan fingerprint density at radius 1 is 1.20 bits per heavy atom. The van der Waals surface area contributed by atoms with E-state index in [1.807, 2.05) is 0 Å². The van der Waals surface area contributed by atoms with Crippen molar-refractivity contribution >= 4 is 0 Å². The number of ether oxygens (including phenoxy) is 1. The van der Waals surface area contributed by atoms with Gasteiger partial charge in [0.25, 0.3) is 0 Å². The largest absolute Gasteiger partial charge is 0.382 e. The van der Waals surface area contributed by atoms with Gasteiger partial charge in [-0.2, -0.15) is 0 Å². The quantitative estimate of drug-likeness (QED) is 0.460. The second-order valence-corrected chi connectivity index (χ2v) is 4.41. The van der Waals surface area contributed by atoms with Crippen LogP contribution in [0.2, 0.25) is 0 Å². The molecule has 0 aliphatic heterocycles. The Hall–Kier alpha value is -0.120. The van der Waals surface area contributed by atoms with Crippen LogP contribution >= 0.6 is 0 Å². The molecule has 2 atom stereocenters. The number of nitrogens with two attached hydrogens (primary N) is 1. The Kier molecular flexibility index (Phi) is 9.06. The van der Waals surface area contributed by atoms with Gasteiger partial charge in [-0.1, -0.05) is 26.7 Å². The van der Waals surface area contributed by atoms with Crippen molar-refractivity contribution in [2.24, 2.45) is 11.8 Å². The summed E-state index contributed by atoms with van der Waals surface area (Å²) in [6.07, 6.45) is 6.18. The number of hydrogen-bond acceptors (Lipinski definition) is 3. The van der Waals surface area contributed by atoms with Crippen molar-refractivity contribution in [3.8, 4) is 0 Å².